The van der Waals surface area contributed by atoms with E-state index >= 15 is 0 Å². The number of fused-ring (bicyclic) bond motifs is 1. The van der Waals surface area contributed by atoms with Crippen LogP contribution in [0.25, 0.3) is 16.7 Å². The number of para-hydroxylation sites is 1. The number of hydrogen-bond acceptors (Lipinski definition) is 6. The number of anilines is 1. The molecule has 0 amide bonds. The van der Waals surface area contributed by atoms with Crippen LogP contribution in [0.3, 0.4) is 0 Å². The van der Waals surface area contributed by atoms with Crippen LogP contribution in [-0.2, 0) is 16.4 Å². The molecule has 4 aromatic rings. The maximum atomic E-state index is 13.3. The second kappa shape index (κ2) is 9.59. The van der Waals surface area contributed by atoms with Gasteiger partial charge in [0.25, 0.3) is 0 Å². The SMILES string of the molecule is Cc1nn(-c2ccccc2)c2nc(CC(C)C)nc(N3CCN(S(=O)(=O)c4ccc(F)cc4)CC3)c12. The minimum absolute atomic E-state index is 0.0981. The molecule has 3 heterocycles. The molecule has 0 spiro atoms. The highest BCUT2D eigenvalue weighted by molar-refractivity contribution is 7.89. The third-order valence-corrected chi connectivity index (χ3v) is 8.22. The van der Waals surface area contributed by atoms with Gasteiger partial charge in [0, 0.05) is 32.6 Å². The summed E-state index contributed by atoms with van der Waals surface area (Å²) in [5.41, 5.74) is 2.49. The van der Waals surface area contributed by atoms with E-state index in [2.05, 4.69) is 18.7 Å². The van der Waals surface area contributed by atoms with Gasteiger partial charge in [-0.1, -0.05) is 32.0 Å². The minimum Gasteiger partial charge on any atom is -0.353 e. The zero-order valence-corrected chi connectivity index (χ0v) is 21.4. The fourth-order valence-electron chi connectivity index (χ4n) is 4.54. The molecule has 0 aliphatic carbocycles. The van der Waals surface area contributed by atoms with E-state index in [1.54, 1.807) is 0 Å². The van der Waals surface area contributed by atoms with Crippen molar-refractivity contribution in [1.29, 1.82) is 0 Å². The van der Waals surface area contributed by atoms with Gasteiger partial charge in [-0.25, -0.2) is 27.5 Å². The maximum Gasteiger partial charge on any atom is 0.243 e. The Morgan fingerprint density at radius 3 is 2.25 bits per heavy atom. The average Bonchev–Trinajstić information content (AvgIpc) is 3.20. The molecule has 1 aliphatic heterocycles. The van der Waals surface area contributed by atoms with Crippen molar-refractivity contribution >= 4 is 26.9 Å². The minimum atomic E-state index is -3.70. The zero-order valence-electron chi connectivity index (χ0n) is 20.6. The van der Waals surface area contributed by atoms with Crippen LogP contribution >= 0.6 is 0 Å². The Balaban J connectivity index is 1.49. The molecule has 1 saturated heterocycles. The summed E-state index contributed by atoms with van der Waals surface area (Å²) in [6.45, 7) is 7.77. The maximum absolute atomic E-state index is 13.3. The first kappa shape index (κ1) is 24.3. The van der Waals surface area contributed by atoms with Crippen molar-refractivity contribution in [2.24, 2.45) is 5.92 Å². The predicted octanol–water partition coefficient (Wildman–Crippen LogP) is 3.97. The Labute approximate surface area is 210 Å². The van der Waals surface area contributed by atoms with Crippen molar-refractivity contribution in [3.63, 3.8) is 0 Å². The largest absolute Gasteiger partial charge is 0.353 e. The number of nitrogens with zero attached hydrogens (tertiary/aromatic N) is 6. The smallest absolute Gasteiger partial charge is 0.243 e. The van der Waals surface area contributed by atoms with Crippen molar-refractivity contribution in [3.8, 4) is 5.69 Å². The molecule has 0 atom stereocenters. The summed E-state index contributed by atoms with van der Waals surface area (Å²) in [5.74, 6) is 1.44. The van der Waals surface area contributed by atoms with E-state index in [1.807, 2.05) is 41.9 Å². The van der Waals surface area contributed by atoms with E-state index in [1.165, 1.54) is 28.6 Å². The Morgan fingerprint density at radius 1 is 0.944 bits per heavy atom. The van der Waals surface area contributed by atoms with Gasteiger partial charge in [-0.05, 0) is 49.2 Å². The number of piperazine rings is 1. The highest BCUT2D eigenvalue weighted by atomic mass is 32.2. The van der Waals surface area contributed by atoms with Crippen molar-refractivity contribution in [2.45, 2.75) is 32.1 Å². The van der Waals surface area contributed by atoms with E-state index in [9.17, 15) is 12.8 Å². The van der Waals surface area contributed by atoms with Gasteiger partial charge < -0.3 is 4.90 Å². The number of sulfonamides is 1. The number of aromatic nitrogens is 4. The lowest BCUT2D eigenvalue weighted by molar-refractivity contribution is 0.384. The molecule has 36 heavy (non-hydrogen) atoms. The molecule has 188 valence electrons. The van der Waals surface area contributed by atoms with Gasteiger partial charge in [0.1, 0.15) is 17.5 Å². The van der Waals surface area contributed by atoms with Gasteiger partial charge in [-0.15, -0.1) is 0 Å². The molecular weight excluding hydrogens is 479 g/mol. The highest BCUT2D eigenvalue weighted by Gasteiger charge is 2.31. The molecule has 1 aliphatic rings. The van der Waals surface area contributed by atoms with E-state index in [0.717, 1.165) is 40.5 Å². The van der Waals surface area contributed by atoms with Crippen molar-refractivity contribution in [1.82, 2.24) is 24.1 Å². The molecule has 8 nitrogen and oxygen atoms in total. The third-order valence-electron chi connectivity index (χ3n) is 6.31. The van der Waals surface area contributed by atoms with E-state index in [0.29, 0.717) is 32.1 Å². The van der Waals surface area contributed by atoms with Crippen LogP contribution in [0, 0.1) is 18.7 Å². The average molecular weight is 509 g/mol. The molecule has 0 bridgehead atoms. The Morgan fingerprint density at radius 2 is 1.61 bits per heavy atom. The molecule has 2 aromatic carbocycles. The molecule has 0 N–H and O–H groups in total. The summed E-state index contributed by atoms with van der Waals surface area (Å²) in [7, 11) is -3.70. The van der Waals surface area contributed by atoms with E-state index in [-0.39, 0.29) is 4.90 Å². The molecule has 0 radical (unpaired) electrons. The van der Waals surface area contributed by atoms with Gasteiger partial charge in [-0.3, -0.25) is 0 Å². The molecule has 10 heteroatoms. The van der Waals surface area contributed by atoms with Crippen LogP contribution in [0.15, 0.2) is 59.5 Å². The van der Waals surface area contributed by atoms with Crippen LogP contribution in [-0.4, -0.2) is 58.7 Å². The topological polar surface area (TPSA) is 84.2 Å². The highest BCUT2D eigenvalue weighted by Crippen LogP contribution is 2.31. The molecular formula is C26H29FN6O2S. The predicted molar refractivity (Wildman–Crippen MR) is 137 cm³/mol. The zero-order chi connectivity index (χ0) is 25.4. The van der Waals surface area contributed by atoms with Crippen molar-refractivity contribution < 1.29 is 12.8 Å². The molecule has 2 aromatic heterocycles. The lowest BCUT2D eigenvalue weighted by Gasteiger charge is -2.35. The lowest BCUT2D eigenvalue weighted by atomic mass is 10.1. The Bertz CT molecular complexity index is 1480. The van der Waals surface area contributed by atoms with Crippen LogP contribution in [0.5, 0.6) is 0 Å². The second-order valence-corrected chi connectivity index (χ2v) is 11.4. The second-order valence-electron chi connectivity index (χ2n) is 9.44. The number of rotatable bonds is 6. The van der Waals surface area contributed by atoms with Crippen LogP contribution in [0.4, 0.5) is 10.2 Å². The summed E-state index contributed by atoms with van der Waals surface area (Å²) in [5, 5.41) is 5.66. The first-order valence-electron chi connectivity index (χ1n) is 12.1. The summed E-state index contributed by atoms with van der Waals surface area (Å²) in [4.78, 5) is 12.1. The van der Waals surface area contributed by atoms with Crippen molar-refractivity contribution in [3.05, 3.63) is 71.9 Å². The molecule has 1 fully saturated rings. The fraction of sp³-hybridized carbons (Fsp3) is 0.346. The quantitative estimate of drug-likeness (QED) is 0.392. The van der Waals surface area contributed by atoms with Gasteiger partial charge in [-0.2, -0.15) is 9.40 Å². The van der Waals surface area contributed by atoms with Crippen LogP contribution in [0.2, 0.25) is 0 Å². The van der Waals surface area contributed by atoms with Crippen LogP contribution < -0.4 is 4.90 Å². The number of halogens is 1. The summed E-state index contributed by atoms with van der Waals surface area (Å²) in [6, 6.07) is 14.9. The first-order chi connectivity index (χ1) is 17.2. The third kappa shape index (κ3) is 4.58. The first-order valence-corrected chi connectivity index (χ1v) is 13.5. The van der Waals surface area contributed by atoms with Crippen LogP contribution in [0.1, 0.15) is 25.4 Å². The number of hydrogen-bond donors (Lipinski definition) is 0. The van der Waals surface area contributed by atoms with Gasteiger partial charge in [0.05, 0.1) is 21.7 Å². The number of aryl methyl sites for hydroxylation is 1. The standard InChI is InChI=1S/C26H29FN6O2S/c1-18(2)17-23-28-25(24-19(3)30-33(26(24)29-23)21-7-5-4-6-8-21)31-13-15-32(16-14-31)36(34,35)22-11-9-20(27)10-12-22/h4-12,18H,13-17H2,1-3H3. The summed E-state index contributed by atoms with van der Waals surface area (Å²) < 4.78 is 42.8. The molecule has 0 unspecified atom stereocenters. The molecule has 0 saturated carbocycles. The van der Waals surface area contributed by atoms with Gasteiger partial charge >= 0.3 is 0 Å². The summed E-state index contributed by atoms with van der Waals surface area (Å²) in [6.07, 6.45) is 0.723. The Kier molecular flexibility index (Phi) is 6.48. The monoisotopic (exact) mass is 508 g/mol. The van der Waals surface area contributed by atoms with E-state index < -0.39 is 15.8 Å². The normalized spacial score (nSPS) is 15.2. The van der Waals surface area contributed by atoms with Gasteiger partial charge in [0.15, 0.2) is 5.65 Å². The number of benzene rings is 2. The van der Waals surface area contributed by atoms with Crippen molar-refractivity contribution in [2.75, 3.05) is 31.1 Å². The fourth-order valence-corrected chi connectivity index (χ4v) is 5.96. The molecule has 5 rings (SSSR count). The Hall–Kier alpha value is -3.37. The van der Waals surface area contributed by atoms with Gasteiger partial charge in [0.2, 0.25) is 10.0 Å². The lowest BCUT2D eigenvalue weighted by Crippen LogP contribution is -2.49. The summed E-state index contributed by atoms with van der Waals surface area (Å²) >= 11 is 0. The van der Waals surface area contributed by atoms with E-state index in [4.69, 9.17) is 15.1 Å².